The number of aromatic nitrogens is 2. The molecule has 1 heterocycles. The molecule has 0 aliphatic carbocycles. The van der Waals surface area contributed by atoms with Crippen LogP contribution in [0.25, 0.3) is 0 Å². The maximum absolute atomic E-state index is 4.03. The summed E-state index contributed by atoms with van der Waals surface area (Å²) in [6.45, 7) is 7.10. The summed E-state index contributed by atoms with van der Waals surface area (Å²) in [6, 6.07) is 0. The van der Waals surface area contributed by atoms with E-state index in [1.807, 2.05) is 11.6 Å². The maximum atomic E-state index is 4.03. The molecule has 9 heavy (non-hydrogen) atoms. The van der Waals surface area contributed by atoms with Gasteiger partial charge in [-0.1, -0.05) is 0 Å². The second-order valence-corrected chi connectivity index (χ2v) is 2.14. The standard InChI is InChI=1S/C7H11N2/c1-4-9-7(3)6(2)5-8-9/h4H2,1-3H3. The van der Waals surface area contributed by atoms with Crippen molar-refractivity contribution in [3.63, 3.8) is 0 Å². The van der Waals surface area contributed by atoms with Gasteiger partial charge in [0.1, 0.15) is 6.20 Å². The Morgan fingerprint density at radius 2 is 2.22 bits per heavy atom. The molecular weight excluding hydrogens is 112 g/mol. The van der Waals surface area contributed by atoms with Crippen LogP contribution in [-0.2, 0) is 6.54 Å². The van der Waals surface area contributed by atoms with Gasteiger partial charge in [0.25, 0.3) is 0 Å². The van der Waals surface area contributed by atoms with Gasteiger partial charge in [-0.2, -0.15) is 5.10 Å². The van der Waals surface area contributed by atoms with E-state index in [1.165, 1.54) is 5.69 Å². The van der Waals surface area contributed by atoms with Crippen molar-refractivity contribution in [2.24, 2.45) is 0 Å². The average Bonchev–Trinajstić information content (AvgIpc) is 2.15. The van der Waals surface area contributed by atoms with Crippen molar-refractivity contribution in [3.8, 4) is 0 Å². The molecule has 0 unspecified atom stereocenters. The Balaban J connectivity index is 3.04. The number of rotatable bonds is 1. The van der Waals surface area contributed by atoms with E-state index in [-0.39, 0.29) is 0 Å². The summed E-state index contributed by atoms with van der Waals surface area (Å²) in [6.07, 6.45) is 2.90. The molecule has 1 rings (SSSR count). The van der Waals surface area contributed by atoms with Gasteiger partial charge < -0.3 is 0 Å². The van der Waals surface area contributed by atoms with E-state index in [9.17, 15) is 0 Å². The summed E-state index contributed by atoms with van der Waals surface area (Å²) in [5, 5.41) is 4.03. The zero-order valence-corrected chi connectivity index (χ0v) is 6.10. The zero-order valence-electron chi connectivity index (χ0n) is 6.10. The number of aryl methyl sites for hydroxylation is 2. The lowest BCUT2D eigenvalue weighted by Crippen LogP contribution is -1.98. The largest absolute Gasteiger partial charge is 0.269 e. The third kappa shape index (κ3) is 0.969. The molecule has 0 fully saturated rings. The molecule has 0 aliphatic heterocycles. The van der Waals surface area contributed by atoms with Crippen molar-refractivity contribution in [2.45, 2.75) is 27.3 Å². The summed E-state index contributed by atoms with van der Waals surface area (Å²) >= 11 is 0. The summed E-state index contributed by atoms with van der Waals surface area (Å²) < 4.78 is 1.94. The Labute approximate surface area is 55.5 Å². The van der Waals surface area contributed by atoms with E-state index < -0.39 is 0 Å². The van der Waals surface area contributed by atoms with Crippen LogP contribution in [0.3, 0.4) is 0 Å². The fraction of sp³-hybridized carbons (Fsp3) is 0.571. The first-order valence-electron chi connectivity index (χ1n) is 3.17. The summed E-state index contributed by atoms with van der Waals surface area (Å²) in [5.74, 6) is 0. The normalized spacial score (nSPS) is 10.1. The molecular formula is C7H11N2. The van der Waals surface area contributed by atoms with Crippen LogP contribution >= 0.6 is 0 Å². The van der Waals surface area contributed by atoms with Crippen LogP contribution in [0.15, 0.2) is 0 Å². The minimum atomic E-state index is 0.941. The Kier molecular flexibility index (Phi) is 1.56. The Bertz CT molecular complexity index is 201. The van der Waals surface area contributed by atoms with Gasteiger partial charge in [0.05, 0.1) is 0 Å². The predicted molar refractivity (Wildman–Crippen MR) is 36.2 cm³/mol. The van der Waals surface area contributed by atoms with Gasteiger partial charge >= 0.3 is 0 Å². The summed E-state index contributed by atoms with van der Waals surface area (Å²) in [7, 11) is 0. The molecule has 0 saturated heterocycles. The molecule has 2 nitrogen and oxygen atoms in total. The van der Waals surface area contributed by atoms with E-state index >= 15 is 0 Å². The smallest absolute Gasteiger partial charge is 0.116 e. The van der Waals surface area contributed by atoms with E-state index in [0.717, 1.165) is 12.1 Å². The molecule has 49 valence electrons. The third-order valence-corrected chi connectivity index (χ3v) is 1.57. The van der Waals surface area contributed by atoms with Crippen molar-refractivity contribution >= 4 is 0 Å². The Morgan fingerprint density at radius 1 is 1.56 bits per heavy atom. The van der Waals surface area contributed by atoms with Crippen LogP contribution in [-0.4, -0.2) is 9.78 Å². The van der Waals surface area contributed by atoms with Gasteiger partial charge in [0.2, 0.25) is 0 Å². The van der Waals surface area contributed by atoms with Crippen molar-refractivity contribution in [1.29, 1.82) is 0 Å². The maximum Gasteiger partial charge on any atom is 0.116 e. The van der Waals surface area contributed by atoms with E-state index in [0.29, 0.717) is 0 Å². The van der Waals surface area contributed by atoms with Crippen molar-refractivity contribution in [1.82, 2.24) is 9.78 Å². The van der Waals surface area contributed by atoms with Gasteiger partial charge in [-0.05, 0) is 26.3 Å². The molecule has 0 N–H and O–H groups in total. The van der Waals surface area contributed by atoms with Crippen molar-refractivity contribution in [2.75, 3.05) is 0 Å². The first kappa shape index (κ1) is 6.33. The molecule has 0 spiro atoms. The summed E-state index contributed by atoms with van der Waals surface area (Å²) in [5.41, 5.74) is 2.37. The lowest BCUT2D eigenvalue weighted by molar-refractivity contribution is 0.638. The molecule has 1 aromatic rings. The minimum Gasteiger partial charge on any atom is -0.269 e. The third-order valence-electron chi connectivity index (χ3n) is 1.57. The van der Waals surface area contributed by atoms with Crippen LogP contribution in [0.1, 0.15) is 18.2 Å². The van der Waals surface area contributed by atoms with Gasteiger partial charge in [-0.25, -0.2) is 0 Å². The van der Waals surface area contributed by atoms with E-state index in [1.54, 1.807) is 0 Å². The van der Waals surface area contributed by atoms with Crippen LogP contribution in [0, 0.1) is 20.0 Å². The number of hydrogen-bond donors (Lipinski definition) is 0. The second kappa shape index (κ2) is 2.21. The molecule has 2 heteroatoms. The van der Waals surface area contributed by atoms with Crippen LogP contribution < -0.4 is 0 Å². The predicted octanol–water partition coefficient (Wildman–Crippen LogP) is 1.32. The van der Waals surface area contributed by atoms with Gasteiger partial charge in [0.15, 0.2) is 0 Å². The fourth-order valence-corrected chi connectivity index (χ4v) is 0.793. The highest BCUT2D eigenvalue weighted by Gasteiger charge is 1.97. The molecule has 0 saturated carbocycles. The molecule has 1 aromatic heterocycles. The molecule has 0 aromatic carbocycles. The highest BCUT2D eigenvalue weighted by Crippen LogP contribution is 2.02. The van der Waals surface area contributed by atoms with Crippen LogP contribution in [0.2, 0.25) is 0 Å². The van der Waals surface area contributed by atoms with Crippen molar-refractivity contribution in [3.05, 3.63) is 17.5 Å². The lowest BCUT2D eigenvalue weighted by atomic mass is 10.3. The first-order valence-corrected chi connectivity index (χ1v) is 3.17. The number of nitrogens with zero attached hydrogens (tertiary/aromatic N) is 2. The molecule has 0 atom stereocenters. The molecule has 0 bridgehead atoms. The number of hydrogen-bond acceptors (Lipinski definition) is 1. The van der Waals surface area contributed by atoms with E-state index in [2.05, 4.69) is 25.1 Å². The molecule has 1 radical (unpaired) electrons. The quantitative estimate of drug-likeness (QED) is 0.550. The highest BCUT2D eigenvalue weighted by atomic mass is 15.3. The van der Waals surface area contributed by atoms with Gasteiger partial charge in [-0.3, -0.25) is 4.68 Å². The minimum absolute atomic E-state index is 0.941. The monoisotopic (exact) mass is 123 g/mol. The Morgan fingerprint density at radius 3 is 2.44 bits per heavy atom. The first-order chi connectivity index (χ1) is 4.25. The van der Waals surface area contributed by atoms with Gasteiger partial charge in [-0.15, -0.1) is 0 Å². The fourth-order valence-electron chi connectivity index (χ4n) is 0.793. The molecule has 0 amide bonds. The van der Waals surface area contributed by atoms with Crippen LogP contribution in [0.4, 0.5) is 0 Å². The van der Waals surface area contributed by atoms with Crippen molar-refractivity contribution < 1.29 is 0 Å². The second-order valence-electron chi connectivity index (χ2n) is 2.14. The van der Waals surface area contributed by atoms with Gasteiger partial charge in [0, 0.05) is 12.2 Å². The SMILES string of the molecule is CCn1n[c]c(C)c1C. The van der Waals surface area contributed by atoms with Crippen LogP contribution in [0.5, 0.6) is 0 Å². The average molecular weight is 123 g/mol. The van der Waals surface area contributed by atoms with E-state index in [4.69, 9.17) is 0 Å². The highest BCUT2D eigenvalue weighted by molar-refractivity contribution is 5.11. The zero-order chi connectivity index (χ0) is 6.85. The Hall–Kier alpha value is -0.790. The summed E-state index contributed by atoms with van der Waals surface area (Å²) in [4.78, 5) is 0. The lowest BCUT2D eigenvalue weighted by Gasteiger charge is -1.96. The molecule has 0 aliphatic rings. The topological polar surface area (TPSA) is 17.8 Å².